The predicted molar refractivity (Wildman–Crippen MR) is 65.4 cm³/mol. The first-order chi connectivity index (χ1) is 7.72. The molecule has 2 heterocycles. The summed E-state index contributed by atoms with van der Waals surface area (Å²) in [4.78, 5) is 14.2. The second kappa shape index (κ2) is 5.38. The van der Waals surface area contributed by atoms with E-state index in [1.807, 2.05) is 16.7 Å². The molecule has 92 valence electrons. The fourth-order valence-corrected chi connectivity index (χ4v) is 3.31. The Morgan fingerprint density at radius 2 is 2.38 bits per heavy atom. The second-order valence-corrected chi connectivity index (χ2v) is 5.67. The quantitative estimate of drug-likeness (QED) is 0.766. The molecule has 2 fully saturated rings. The molecule has 2 aliphatic heterocycles. The van der Waals surface area contributed by atoms with E-state index in [2.05, 4.69) is 6.92 Å². The van der Waals surface area contributed by atoms with E-state index in [0.29, 0.717) is 12.6 Å². The summed E-state index contributed by atoms with van der Waals surface area (Å²) < 4.78 is 5.65. The fraction of sp³-hybridized carbons (Fsp3) is 0.909. The Labute approximate surface area is 101 Å². The van der Waals surface area contributed by atoms with Crippen LogP contribution in [0.3, 0.4) is 0 Å². The van der Waals surface area contributed by atoms with E-state index in [-0.39, 0.29) is 18.1 Å². The second-order valence-electron chi connectivity index (χ2n) is 4.52. The highest BCUT2D eigenvalue weighted by atomic mass is 32.2. The van der Waals surface area contributed by atoms with Gasteiger partial charge in [-0.25, -0.2) is 0 Å². The zero-order chi connectivity index (χ0) is 11.5. The number of ether oxygens (including phenoxy) is 1. The van der Waals surface area contributed by atoms with Gasteiger partial charge in [-0.05, 0) is 19.8 Å². The largest absolute Gasteiger partial charge is 0.364 e. The molecule has 0 aromatic rings. The van der Waals surface area contributed by atoms with Crippen LogP contribution in [0.2, 0.25) is 0 Å². The lowest BCUT2D eigenvalue weighted by Crippen LogP contribution is -2.48. The summed E-state index contributed by atoms with van der Waals surface area (Å²) in [5.74, 6) is 2.26. The van der Waals surface area contributed by atoms with Crippen molar-refractivity contribution in [3.63, 3.8) is 0 Å². The molecule has 0 bridgehead atoms. The average molecular weight is 244 g/mol. The normalized spacial score (nSPS) is 35.4. The van der Waals surface area contributed by atoms with Crippen LogP contribution >= 0.6 is 11.8 Å². The van der Waals surface area contributed by atoms with Gasteiger partial charge in [0.15, 0.2) is 0 Å². The molecule has 3 atom stereocenters. The number of carbonyl (C=O) groups excluding carboxylic acids is 1. The SMILES string of the molecule is CC1CSCCN1C(=O)C1CCC(CN)O1. The zero-order valence-electron chi connectivity index (χ0n) is 9.72. The molecule has 0 aromatic carbocycles. The highest BCUT2D eigenvalue weighted by molar-refractivity contribution is 7.99. The van der Waals surface area contributed by atoms with Crippen molar-refractivity contribution in [1.82, 2.24) is 4.90 Å². The molecule has 3 unspecified atom stereocenters. The number of rotatable bonds is 2. The molecule has 2 aliphatic rings. The van der Waals surface area contributed by atoms with E-state index in [4.69, 9.17) is 10.5 Å². The lowest BCUT2D eigenvalue weighted by Gasteiger charge is -2.34. The summed E-state index contributed by atoms with van der Waals surface area (Å²) in [6, 6.07) is 0.340. The molecule has 0 spiro atoms. The van der Waals surface area contributed by atoms with Crippen molar-refractivity contribution in [2.75, 3.05) is 24.6 Å². The first kappa shape index (κ1) is 12.2. The van der Waals surface area contributed by atoms with Crippen LogP contribution in [-0.2, 0) is 9.53 Å². The molecule has 1 amide bonds. The smallest absolute Gasteiger partial charge is 0.252 e. The summed E-state index contributed by atoms with van der Waals surface area (Å²) in [7, 11) is 0. The number of carbonyl (C=O) groups is 1. The van der Waals surface area contributed by atoms with Crippen molar-refractivity contribution < 1.29 is 9.53 Å². The van der Waals surface area contributed by atoms with Crippen molar-refractivity contribution >= 4 is 17.7 Å². The minimum Gasteiger partial charge on any atom is -0.364 e. The molecule has 0 aromatic heterocycles. The number of nitrogens with zero attached hydrogens (tertiary/aromatic N) is 1. The summed E-state index contributed by atoms with van der Waals surface area (Å²) in [5, 5.41) is 0. The highest BCUT2D eigenvalue weighted by Gasteiger charge is 2.35. The molecule has 0 radical (unpaired) electrons. The average Bonchev–Trinajstić information content (AvgIpc) is 2.77. The van der Waals surface area contributed by atoms with Gasteiger partial charge in [-0.1, -0.05) is 0 Å². The Bertz CT molecular complexity index is 262. The Morgan fingerprint density at radius 1 is 1.56 bits per heavy atom. The Morgan fingerprint density at radius 3 is 3.00 bits per heavy atom. The van der Waals surface area contributed by atoms with Gasteiger partial charge in [-0.15, -0.1) is 0 Å². The van der Waals surface area contributed by atoms with Crippen LogP contribution in [0.5, 0.6) is 0 Å². The van der Waals surface area contributed by atoms with Gasteiger partial charge >= 0.3 is 0 Å². The van der Waals surface area contributed by atoms with Crippen molar-refractivity contribution in [3.8, 4) is 0 Å². The summed E-state index contributed by atoms with van der Waals surface area (Å²) in [6.07, 6.45) is 1.60. The van der Waals surface area contributed by atoms with Crippen LogP contribution in [0.15, 0.2) is 0 Å². The van der Waals surface area contributed by atoms with E-state index in [1.54, 1.807) is 0 Å². The summed E-state index contributed by atoms with van der Waals surface area (Å²) >= 11 is 1.92. The van der Waals surface area contributed by atoms with E-state index < -0.39 is 0 Å². The van der Waals surface area contributed by atoms with Gasteiger partial charge in [0.1, 0.15) is 6.10 Å². The third-order valence-electron chi connectivity index (χ3n) is 3.30. The fourth-order valence-electron chi connectivity index (χ4n) is 2.30. The molecule has 2 saturated heterocycles. The van der Waals surface area contributed by atoms with Crippen molar-refractivity contribution in [2.24, 2.45) is 5.73 Å². The predicted octanol–water partition coefficient (Wildman–Crippen LogP) is 0.457. The Balaban J connectivity index is 1.91. The van der Waals surface area contributed by atoms with Gasteiger partial charge in [0.2, 0.25) is 0 Å². The molecule has 0 saturated carbocycles. The topological polar surface area (TPSA) is 55.6 Å². The van der Waals surface area contributed by atoms with E-state index in [0.717, 1.165) is 30.9 Å². The van der Waals surface area contributed by atoms with E-state index in [9.17, 15) is 4.79 Å². The Kier molecular flexibility index (Phi) is 4.10. The molecular formula is C11H20N2O2S. The first-order valence-corrected chi connectivity index (χ1v) is 7.11. The van der Waals surface area contributed by atoms with Crippen LogP contribution in [0, 0.1) is 0 Å². The lowest BCUT2D eigenvalue weighted by atomic mass is 10.1. The maximum Gasteiger partial charge on any atom is 0.252 e. The molecule has 4 nitrogen and oxygen atoms in total. The van der Waals surface area contributed by atoms with Crippen molar-refractivity contribution in [1.29, 1.82) is 0 Å². The van der Waals surface area contributed by atoms with Crippen LogP contribution in [0.4, 0.5) is 0 Å². The number of thioether (sulfide) groups is 1. The van der Waals surface area contributed by atoms with Gasteiger partial charge in [0, 0.05) is 30.6 Å². The maximum atomic E-state index is 12.2. The van der Waals surface area contributed by atoms with Gasteiger partial charge in [0.05, 0.1) is 6.10 Å². The van der Waals surface area contributed by atoms with Gasteiger partial charge in [-0.3, -0.25) is 4.79 Å². The number of amides is 1. The lowest BCUT2D eigenvalue weighted by molar-refractivity contribution is -0.144. The zero-order valence-corrected chi connectivity index (χ0v) is 10.5. The van der Waals surface area contributed by atoms with Crippen LogP contribution in [-0.4, -0.2) is 53.7 Å². The minimum atomic E-state index is -0.237. The van der Waals surface area contributed by atoms with Gasteiger partial charge in [0.25, 0.3) is 5.91 Å². The maximum absolute atomic E-state index is 12.2. The molecule has 0 aliphatic carbocycles. The van der Waals surface area contributed by atoms with Crippen molar-refractivity contribution in [3.05, 3.63) is 0 Å². The van der Waals surface area contributed by atoms with Crippen molar-refractivity contribution in [2.45, 2.75) is 38.0 Å². The number of nitrogens with two attached hydrogens (primary N) is 1. The third-order valence-corrected chi connectivity index (χ3v) is 4.49. The van der Waals surface area contributed by atoms with E-state index >= 15 is 0 Å². The van der Waals surface area contributed by atoms with E-state index in [1.165, 1.54) is 0 Å². The molecule has 2 rings (SSSR count). The highest BCUT2D eigenvalue weighted by Crippen LogP contribution is 2.24. The standard InChI is InChI=1S/C11H20N2O2S/c1-8-7-16-5-4-13(8)11(14)10-3-2-9(6-12)15-10/h8-10H,2-7,12H2,1H3. The minimum absolute atomic E-state index is 0.0865. The molecule has 16 heavy (non-hydrogen) atoms. The monoisotopic (exact) mass is 244 g/mol. The van der Waals surface area contributed by atoms with Crippen LogP contribution < -0.4 is 5.73 Å². The summed E-state index contributed by atoms with van der Waals surface area (Å²) in [5.41, 5.74) is 5.55. The Hall–Kier alpha value is -0.260. The number of hydrogen-bond donors (Lipinski definition) is 1. The molecule has 5 heteroatoms. The third kappa shape index (κ3) is 2.52. The molecule has 2 N–H and O–H groups in total. The number of hydrogen-bond acceptors (Lipinski definition) is 4. The van der Waals surface area contributed by atoms with Crippen LogP contribution in [0.1, 0.15) is 19.8 Å². The summed E-state index contributed by atoms with van der Waals surface area (Å²) in [6.45, 7) is 3.49. The molecular weight excluding hydrogens is 224 g/mol. The van der Waals surface area contributed by atoms with Gasteiger partial charge < -0.3 is 15.4 Å². The van der Waals surface area contributed by atoms with Gasteiger partial charge in [-0.2, -0.15) is 11.8 Å². The first-order valence-electron chi connectivity index (χ1n) is 5.96. The van der Waals surface area contributed by atoms with Crippen LogP contribution in [0.25, 0.3) is 0 Å².